The van der Waals surface area contributed by atoms with E-state index in [1.807, 2.05) is 6.92 Å². The highest BCUT2D eigenvalue weighted by Gasteiger charge is 2.25. The molecule has 0 saturated heterocycles. The van der Waals surface area contributed by atoms with E-state index in [2.05, 4.69) is 18.8 Å². The number of hydrogen-bond acceptors (Lipinski definition) is 5. The van der Waals surface area contributed by atoms with Crippen molar-refractivity contribution in [3.05, 3.63) is 22.6 Å². The van der Waals surface area contributed by atoms with E-state index in [1.54, 1.807) is 4.57 Å². The van der Waals surface area contributed by atoms with Crippen molar-refractivity contribution in [3.63, 3.8) is 0 Å². The summed E-state index contributed by atoms with van der Waals surface area (Å²) in [4.78, 5) is 25.2. The predicted molar refractivity (Wildman–Crippen MR) is 73.1 cm³/mol. The minimum atomic E-state index is -0.513. The van der Waals surface area contributed by atoms with E-state index < -0.39 is 4.92 Å². The predicted octanol–water partition coefficient (Wildman–Crippen LogP) is 2.41. The Kier molecular flexibility index (Phi) is 5.24. The molecular weight excluding hydrogens is 262 g/mol. The number of ether oxygens (including phenoxy) is 1. The van der Waals surface area contributed by atoms with Crippen molar-refractivity contribution in [2.24, 2.45) is 11.3 Å². The molecule has 0 aliphatic carbocycles. The van der Waals surface area contributed by atoms with Crippen molar-refractivity contribution in [2.75, 3.05) is 7.11 Å². The van der Waals surface area contributed by atoms with Gasteiger partial charge in [-0.2, -0.15) is 0 Å². The average Bonchev–Trinajstić information content (AvgIpc) is 2.84. The van der Waals surface area contributed by atoms with Crippen LogP contribution in [0.25, 0.3) is 0 Å². The largest absolute Gasteiger partial charge is 0.469 e. The normalized spacial score (nSPS) is 13.0. The number of carbonyl (C=O) groups excluding carboxylic acids is 1. The maximum Gasteiger partial charge on any atom is 0.381 e. The van der Waals surface area contributed by atoms with Gasteiger partial charge in [0, 0.05) is 6.54 Å². The fraction of sp³-hybridized carbons (Fsp3) is 0.692. The SMILES string of the molecule is COC(=O)C(C)CC(C)(C)CCn1cnc([N+](=O)[O-])c1. The third kappa shape index (κ3) is 4.64. The lowest BCUT2D eigenvalue weighted by molar-refractivity contribution is -0.389. The number of rotatable bonds is 7. The Morgan fingerprint density at radius 1 is 1.60 bits per heavy atom. The van der Waals surface area contributed by atoms with Crippen LogP contribution in [-0.4, -0.2) is 27.6 Å². The molecule has 0 radical (unpaired) electrons. The molecule has 1 heterocycles. The van der Waals surface area contributed by atoms with Crippen LogP contribution in [0.5, 0.6) is 0 Å². The first-order valence-electron chi connectivity index (χ1n) is 6.49. The van der Waals surface area contributed by atoms with E-state index in [4.69, 9.17) is 4.74 Å². The molecular formula is C13H21N3O4. The first-order valence-corrected chi connectivity index (χ1v) is 6.49. The highest BCUT2D eigenvalue weighted by molar-refractivity contribution is 5.71. The molecule has 7 heteroatoms. The molecule has 7 nitrogen and oxygen atoms in total. The topological polar surface area (TPSA) is 87.3 Å². The molecule has 1 unspecified atom stereocenters. The fourth-order valence-corrected chi connectivity index (χ4v) is 2.21. The number of carbonyl (C=O) groups is 1. The Hall–Kier alpha value is -1.92. The van der Waals surface area contributed by atoms with E-state index in [1.165, 1.54) is 19.6 Å². The van der Waals surface area contributed by atoms with Crippen LogP contribution < -0.4 is 0 Å². The minimum Gasteiger partial charge on any atom is -0.469 e. The summed E-state index contributed by atoms with van der Waals surface area (Å²) in [6.45, 7) is 6.60. The van der Waals surface area contributed by atoms with Crippen molar-refractivity contribution in [3.8, 4) is 0 Å². The van der Waals surface area contributed by atoms with Crippen LogP contribution >= 0.6 is 0 Å². The van der Waals surface area contributed by atoms with Crippen LogP contribution in [0.2, 0.25) is 0 Å². The molecule has 1 aromatic heterocycles. The van der Waals surface area contributed by atoms with Crippen molar-refractivity contribution in [2.45, 2.75) is 40.2 Å². The molecule has 1 aromatic rings. The van der Waals surface area contributed by atoms with E-state index in [-0.39, 0.29) is 23.1 Å². The molecule has 1 atom stereocenters. The Balaban J connectivity index is 2.53. The highest BCUT2D eigenvalue weighted by Crippen LogP contribution is 2.30. The van der Waals surface area contributed by atoms with Gasteiger partial charge in [-0.25, -0.2) is 0 Å². The minimum absolute atomic E-state index is 0.0628. The third-order valence-corrected chi connectivity index (χ3v) is 3.32. The quantitative estimate of drug-likeness (QED) is 0.435. The number of aromatic nitrogens is 2. The Morgan fingerprint density at radius 2 is 2.25 bits per heavy atom. The number of nitro groups is 1. The molecule has 0 aliphatic heterocycles. The molecule has 0 saturated carbocycles. The summed E-state index contributed by atoms with van der Waals surface area (Å²) in [5.41, 5.74) is -0.0628. The standard InChI is InChI=1S/C13H21N3O4/c1-10(12(17)20-4)7-13(2,3)5-6-15-8-11(14-9-15)16(18)19/h8-10H,5-7H2,1-4H3. The summed E-state index contributed by atoms with van der Waals surface area (Å²) < 4.78 is 6.42. The van der Waals surface area contributed by atoms with Gasteiger partial charge in [-0.1, -0.05) is 20.8 Å². The van der Waals surface area contributed by atoms with Crippen LogP contribution in [0, 0.1) is 21.4 Å². The number of nitrogens with zero attached hydrogens (tertiary/aromatic N) is 3. The molecule has 0 amide bonds. The molecule has 0 aliphatic rings. The van der Waals surface area contributed by atoms with Crippen molar-refractivity contribution >= 4 is 11.8 Å². The maximum absolute atomic E-state index is 11.4. The van der Waals surface area contributed by atoms with Crippen LogP contribution in [0.3, 0.4) is 0 Å². The fourth-order valence-electron chi connectivity index (χ4n) is 2.21. The zero-order valence-corrected chi connectivity index (χ0v) is 12.3. The van der Waals surface area contributed by atoms with Gasteiger partial charge in [-0.3, -0.25) is 4.79 Å². The number of hydrogen-bond donors (Lipinski definition) is 0. The monoisotopic (exact) mass is 283 g/mol. The molecule has 1 rings (SSSR count). The summed E-state index contributed by atoms with van der Waals surface area (Å²) in [5, 5.41) is 10.5. The smallest absolute Gasteiger partial charge is 0.381 e. The number of methoxy groups -OCH3 is 1. The van der Waals surface area contributed by atoms with Gasteiger partial charge in [0.15, 0.2) is 0 Å². The summed E-state index contributed by atoms with van der Waals surface area (Å²) in [6, 6.07) is 0. The second-order valence-corrected chi connectivity index (χ2v) is 5.77. The molecule has 112 valence electrons. The first-order chi connectivity index (χ1) is 9.25. The van der Waals surface area contributed by atoms with Crippen molar-refractivity contribution in [1.82, 2.24) is 9.55 Å². The van der Waals surface area contributed by atoms with Crippen LogP contribution in [0.1, 0.15) is 33.6 Å². The van der Waals surface area contributed by atoms with Crippen LogP contribution in [0.15, 0.2) is 12.5 Å². The lowest BCUT2D eigenvalue weighted by Gasteiger charge is -2.27. The second kappa shape index (κ2) is 6.49. The molecule has 0 bridgehead atoms. The Morgan fingerprint density at radius 3 is 2.75 bits per heavy atom. The number of esters is 1. The van der Waals surface area contributed by atoms with Gasteiger partial charge in [-0.05, 0) is 28.2 Å². The third-order valence-electron chi connectivity index (χ3n) is 3.32. The zero-order chi connectivity index (χ0) is 15.3. The van der Waals surface area contributed by atoms with Gasteiger partial charge in [0.05, 0.1) is 13.0 Å². The Bertz CT molecular complexity index is 482. The van der Waals surface area contributed by atoms with Gasteiger partial charge in [0.25, 0.3) is 0 Å². The average molecular weight is 283 g/mol. The van der Waals surface area contributed by atoms with Crippen molar-refractivity contribution < 1.29 is 14.5 Å². The molecule has 0 N–H and O–H groups in total. The number of imidazole rings is 1. The van der Waals surface area contributed by atoms with Crippen LogP contribution in [-0.2, 0) is 16.1 Å². The van der Waals surface area contributed by atoms with Gasteiger partial charge in [0.2, 0.25) is 6.33 Å². The summed E-state index contributed by atoms with van der Waals surface area (Å²) in [6.07, 6.45) is 4.37. The summed E-state index contributed by atoms with van der Waals surface area (Å²) in [7, 11) is 1.39. The van der Waals surface area contributed by atoms with E-state index in [0.717, 1.165) is 6.42 Å². The Labute approximate surface area is 118 Å². The van der Waals surface area contributed by atoms with Gasteiger partial charge in [-0.15, -0.1) is 0 Å². The van der Waals surface area contributed by atoms with E-state index >= 15 is 0 Å². The molecule has 0 spiro atoms. The second-order valence-electron chi connectivity index (χ2n) is 5.77. The highest BCUT2D eigenvalue weighted by atomic mass is 16.6. The zero-order valence-electron chi connectivity index (χ0n) is 12.3. The van der Waals surface area contributed by atoms with Gasteiger partial charge < -0.3 is 19.4 Å². The lowest BCUT2D eigenvalue weighted by Crippen LogP contribution is -2.23. The van der Waals surface area contributed by atoms with E-state index in [9.17, 15) is 14.9 Å². The lowest BCUT2D eigenvalue weighted by atomic mass is 9.80. The molecule has 0 aromatic carbocycles. The van der Waals surface area contributed by atoms with E-state index in [0.29, 0.717) is 13.0 Å². The number of aryl methyl sites for hydroxylation is 1. The summed E-state index contributed by atoms with van der Waals surface area (Å²) >= 11 is 0. The van der Waals surface area contributed by atoms with Crippen molar-refractivity contribution in [1.29, 1.82) is 0 Å². The maximum atomic E-state index is 11.4. The van der Waals surface area contributed by atoms with Crippen LogP contribution in [0.4, 0.5) is 5.82 Å². The molecule has 0 fully saturated rings. The first kappa shape index (κ1) is 16.1. The van der Waals surface area contributed by atoms with Gasteiger partial charge in [0.1, 0.15) is 6.20 Å². The van der Waals surface area contributed by atoms with Gasteiger partial charge >= 0.3 is 11.8 Å². The molecule has 20 heavy (non-hydrogen) atoms. The summed E-state index contributed by atoms with van der Waals surface area (Å²) in [5.74, 6) is -0.519.